The molecule has 2 N–H and O–H groups in total. The first kappa shape index (κ1) is 13.1. The molecule has 0 saturated carbocycles. The maximum absolute atomic E-state index is 12.6. The zero-order chi connectivity index (χ0) is 12.0. The average molecular weight is 246 g/mol. The number of sulfonamides is 1. The molecular weight excluding hydrogens is 231 g/mol. The summed E-state index contributed by atoms with van der Waals surface area (Å²) >= 11 is 0. The summed E-state index contributed by atoms with van der Waals surface area (Å²) in [5.74, 6) is -0.299. The molecule has 0 saturated heterocycles. The molecule has 0 aromatic heterocycles. The van der Waals surface area contributed by atoms with Crippen molar-refractivity contribution in [3.63, 3.8) is 0 Å². The van der Waals surface area contributed by atoms with Gasteiger partial charge in [0.05, 0.1) is 5.75 Å². The van der Waals surface area contributed by atoms with Crippen LogP contribution >= 0.6 is 0 Å². The van der Waals surface area contributed by atoms with Crippen molar-refractivity contribution in [3.05, 3.63) is 35.6 Å². The molecule has 0 radical (unpaired) electrons. The van der Waals surface area contributed by atoms with Gasteiger partial charge in [0.15, 0.2) is 0 Å². The first-order chi connectivity index (χ1) is 7.53. The molecule has 1 aromatic rings. The molecule has 0 amide bonds. The van der Waals surface area contributed by atoms with Crippen LogP contribution in [0.4, 0.5) is 4.39 Å². The van der Waals surface area contributed by atoms with Crippen molar-refractivity contribution in [2.24, 2.45) is 0 Å². The Morgan fingerprint density at radius 3 is 2.44 bits per heavy atom. The molecule has 16 heavy (non-hydrogen) atoms. The lowest BCUT2D eigenvalue weighted by molar-refractivity contribution is 0.579. The summed E-state index contributed by atoms with van der Waals surface area (Å²) < 4.78 is 37.8. The number of halogens is 1. The fourth-order valence-electron chi connectivity index (χ4n) is 1.10. The summed E-state index contributed by atoms with van der Waals surface area (Å²) in [4.78, 5) is 0. The Hall–Kier alpha value is -0.980. The molecule has 0 fully saturated rings. The van der Waals surface area contributed by atoms with Crippen LogP contribution in [-0.2, 0) is 16.6 Å². The lowest BCUT2D eigenvalue weighted by atomic mass is 10.2. The van der Waals surface area contributed by atoms with Crippen LogP contribution in [0.3, 0.4) is 0 Å². The molecular formula is C10H15FN2O2S. The summed E-state index contributed by atoms with van der Waals surface area (Å²) in [6.45, 7) is 0.588. The van der Waals surface area contributed by atoms with Gasteiger partial charge in [-0.05, 0) is 24.7 Å². The normalized spacial score (nSPS) is 11.6. The quantitative estimate of drug-likeness (QED) is 0.767. The number of benzene rings is 1. The Labute approximate surface area is 94.9 Å². The van der Waals surface area contributed by atoms with Crippen molar-refractivity contribution in [1.82, 2.24) is 10.0 Å². The Bertz CT molecular complexity index is 417. The van der Waals surface area contributed by atoms with E-state index in [1.807, 2.05) is 0 Å². The van der Waals surface area contributed by atoms with Gasteiger partial charge in [-0.1, -0.05) is 12.1 Å². The minimum atomic E-state index is -3.26. The van der Waals surface area contributed by atoms with Gasteiger partial charge in [0.2, 0.25) is 10.0 Å². The Morgan fingerprint density at radius 1 is 1.25 bits per heavy atom. The number of rotatable bonds is 6. The third-order valence-corrected chi connectivity index (χ3v) is 3.36. The van der Waals surface area contributed by atoms with Gasteiger partial charge in [-0.2, -0.15) is 0 Å². The maximum atomic E-state index is 12.6. The van der Waals surface area contributed by atoms with Crippen molar-refractivity contribution < 1.29 is 12.8 Å². The third-order valence-electron chi connectivity index (χ3n) is 2.03. The van der Waals surface area contributed by atoms with Crippen molar-refractivity contribution in [2.45, 2.75) is 6.54 Å². The highest BCUT2D eigenvalue weighted by Gasteiger charge is 2.08. The molecule has 0 atom stereocenters. The average Bonchev–Trinajstić information content (AvgIpc) is 2.26. The van der Waals surface area contributed by atoms with Gasteiger partial charge < -0.3 is 5.32 Å². The van der Waals surface area contributed by atoms with E-state index in [0.717, 1.165) is 5.56 Å². The standard InChI is InChI=1S/C10H15FN2O2S/c1-12-6-7-16(14,15)13-8-9-2-4-10(11)5-3-9/h2-5,12-13H,6-8H2,1H3. The van der Waals surface area contributed by atoms with E-state index in [4.69, 9.17) is 0 Å². The predicted octanol–water partition coefficient (Wildman–Crippen LogP) is 0.464. The summed E-state index contributed by atoms with van der Waals surface area (Å²) in [6, 6.07) is 5.71. The van der Waals surface area contributed by atoms with Gasteiger partial charge in [0, 0.05) is 13.1 Å². The number of nitrogens with one attached hydrogen (secondary N) is 2. The Balaban J connectivity index is 2.48. The molecule has 0 aliphatic rings. The fourth-order valence-corrected chi connectivity index (χ4v) is 2.11. The molecule has 1 rings (SSSR count). The first-order valence-electron chi connectivity index (χ1n) is 4.90. The lowest BCUT2D eigenvalue weighted by Gasteiger charge is -2.06. The van der Waals surface area contributed by atoms with Gasteiger partial charge in [-0.15, -0.1) is 0 Å². The second-order valence-electron chi connectivity index (χ2n) is 3.37. The van der Waals surface area contributed by atoms with Gasteiger partial charge in [-0.3, -0.25) is 0 Å². The summed E-state index contributed by atoms with van der Waals surface area (Å²) in [7, 11) is -1.57. The molecule has 0 spiro atoms. The highest BCUT2D eigenvalue weighted by atomic mass is 32.2. The molecule has 0 bridgehead atoms. The second kappa shape index (κ2) is 5.93. The van der Waals surface area contributed by atoms with Gasteiger partial charge >= 0.3 is 0 Å². The van der Waals surface area contributed by atoms with Gasteiger partial charge in [0.25, 0.3) is 0 Å². The van der Waals surface area contributed by atoms with Crippen LogP contribution in [0, 0.1) is 5.82 Å². The predicted molar refractivity (Wildman–Crippen MR) is 61.0 cm³/mol. The van der Waals surface area contributed by atoms with E-state index < -0.39 is 10.0 Å². The molecule has 0 aliphatic carbocycles. The number of hydrogen-bond donors (Lipinski definition) is 2. The van der Waals surface area contributed by atoms with E-state index in [2.05, 4.69) is 10.0 Å². The van der Waals surface area contributed by atoms with E-state index in [1.165, 1.54) is 12.1 Å². The van der Waals surface area contributed by atoms with E-state index in [0.29, 0.717) is 6.54 Å². The van der Waals surface area contributed by atoms with Crippen LogP contribution < -0.4 is 10.0 Å². The molecule has 0 aliphatic heterocycles. The smallest absolute Gasteiger partial charge is 0.213 e. The molecule has 0 unspecified atom stereocenters. The van der Waals surface area contributed by atoms with Crippen LogP contribution in [0.1, 0.15) is 5.56 Å². The Kier molecular flexibility index (Phi) is 4.85. The summed E-state index contributed by atoms with van der Waals surface area (Å²) in [6.07, 6.45) is 0. The first-order valence-corrected chi connectivity index (χ1v) is 6.55. The molecule has 90 valence electrons. The highest BCUT2D eigenvalue weighted by molar-refractivity contribution is 7.89. The number of hydrogen-bond acceptors (Lipinski definition) is 3. The van der Waals surface area contributed by atoms with Crippen molar-refractivity contribution >= 4 is 10.0 Å². The van der Waals surface area contributed by atoms with E-state index in [1.54, 1.807) is 19.2 Å². The topological polar surface area (TPSA) is 58.2 Å². The molecule has 0 heterocycles. The summed E-state index contributed by atoms with van der Waals surface area (Å²) in [5, 5.41) is 2.76. The third kappa shape index (κ3) is 4.69. The summed E-state index contributed by atoms with van der Waals surface area (Å²) in [5.41, 5.74) is 0.731. The monoisotopic (exact) mass is 246 g/mol. The molecule has 1 aromatic carbocycles. The zero-order valence-electron chi connectivity index (χ0n) is 9.03. The van der Waals surface area contributed by atoms with Gasteiger partial charge in [0.1, 0.15) is 5.82 Å². The van der Waals surface area contributed by atoms with Crippen LogP contribution in [0.2, 0.25) is 0 Å². The van der Waals surface area contributed by atoms with Crippen molar-refractivity contribution in [2.75, 3.05) is 19.3 Å². The minimum absolute atomic E-state index is 0.0324. The second-order valence-corrected chi connectivity index (χ2v) is 5.30. The van der Waals surface area contributed by atoms with E-state index >= 15 is 0 Å². The fraction of sp³-hybridized carbons (Fsp3) is 0.400. The van der Waals surface area contributed by atoms with Crippen molar-refractivity contribution in [1.29, 1.82) is 0 Å². The van der Waals surface area contributed by atoms with Crippen LogP contribution in [-0.4, -0.2) is 27.8 Å². The van der Waals surface area contributed by atoms with Crippen molar-refractivity contribution in [3.8, 4) is 0 Å². The Morgan fingerprint density at radius 2 is 1.88 bits per heavy atom. The largest absolute Gasteiger partial charge is 0.319 e. The van der Waals surface area contributed by atoms with Gasteiger partial charge in [-0.25, -0.2) is 17.5 Å². The lowest BCUT2D eigenvalue weighted by Crippen LogP contribution is -2.30. The van der Waals surface area contributed by atoms with Crippen LogP contribution in [0.15, 0.2) is 24.3 Å². The zero-order valence-corrected chi connectivity index (χ0v) is 9.85. The maximum Gasteiger partial charge on any atom is 0.213 e. The minimum Gasteiger partial charge on any atom is -0.319 e. The van der Waals surface area contributed by atoms with Crippen LogP contribution in [0.5, 0.6) is 0 Å². The van der Waals surface area contributed by atoms with Crippen LogP contribution in [0.25, 0.3) is 0 Å². The molecule has 4 nitrogen and oxygen atoms in total. The van der Waals surface area contributed by atoms with E-state index in [9.17, 15) is 12.8 Å². The SMILES string of the molecule is CNCCS(=O)(=O)NCc1ccc(F)cc1. The van der Waals surface area contributed by atoms with E-state index in [-0.39, 0.29) is 18.1 Å². The highest BCUT2D eigenvalue weighted by Crippen LogP contribution is 2.02. The molecule has 6 heteroatoms.